The van der Waals surface area contributed by atoms with Crippen molar-refractivity contribution in [1.82, 2.24) is 24.8 Å². The molecule has 2 unspecified atom stereocenters. The molecule has 40 heavy (non-hydrogen) atoms. The van der Waals surface area contributed by atoms with Gasteiger partial charge in [0.1, 0.15) is 24.6 Å². The molecule has 0 spiro atoms. The van der Waals surface area contributed by atoms with Gasteiger partial charge in [-0.25, -0.2) is 24.3 Å². The summed E-state index contributed by atoms with van der Waals surface area (Å²) in [5.74, 6) is 0.233. The van der Waals surface area contributed by atoms with Gasteiger partial charge in [-0.2, -0.15) is 0 Å². The van der Waals surface area contributed by atoms with Crippen molar-refractivity contribution >= 4 is 30.8 Å². The van der Waals surface area contributed by atoms with Gasteiger partial charge >= 0.3 is 13.9 Å². The number of imidazole rings is 1. The first-order chi connectivity index (χ1) is 19.3. The summed E-state index contributed by atoms with van der Waals surface area (Å²) in [6.07, 6.45) is 3.89. The highest BCUT2D eigenvalue weighted by Gasteiger charge is 2.54. The molecule has 2 aromatic heterocycles. The Morgan fingerprint density at radius 1 is 1.07 bits per heavy atom. The van der Waals surface area contributed by atoms with Crippen molar-refractivity contribution in [3.8, 4) is 0 Å². The molecule has 1 aromatic carbocycles. The van der Waals surface area contributed by atoms with Gasteiger partial charge in [0.25, 0.3) is 0 Å². The topological polar surface area (TPSA) is 179 Å². The Hall–Kier alpha value is -2.97. The molecule has 2 aliphatic heterocycles. The molecule has 2 saturated heterocycles. The van der Waals surface area contributed by atoms with Gasteiger partial charge in [-0.05, 0) is 12.0 Å². The molecule has 3 aromatic rings. The molecule has 15 heteroatoms. The zero-order valence-corrected chi connectivity index (χ0v) is 22.9. The molecule has 0 radical (unpaired) electrons. The van der Waals surface area contributed by atoms with Crippen LogP contribution < -0.4 is 10.6 Å². The van der Waals surface area contributed by atoms with Gasteiger partial charge in [0, 0.05) is 13.0 Å². The smallest absolute Gasteiger partial charge is 0.347 e. The fraction of sp³-hybridized carbons (Fsp3) is 0.520. The number of hydrogen-bond donors (Lipinski definition) is 4. The molecule has 216 valence electrons. The van der Waals surface area contributed by atoms with E-state index < -0.39 is 51.3 Å². The SMILES string of the molecule is CCCCCCNC(=O)Nc1ncnc2c1ncn2[C@@H]1O[C@H](COP(=O)(O)O)C2OC(Cc3ccccc3)O[C@@H]21. The van der Waals surface area contributed by atoms with E-state index in [1.165, 1.54) is 12.7 Å². The maximum absolute atomic E-state index is 12.4. The average Bonchev–Trinajstić information content (AvgIpc) is 3.62. The van der Waals surface area contributed by atoms with Gasteiger partial charge in [-0.3, -0.25) is 14.4 Å². The van der Waals surface area contributed by atoms with Crippen LogP contribution in [0, 0.1) is 0 Å². The monoisotopic (exact) mass is 576 g/mol. The largest absolute Gasteiger partial charge is 0.469 e. The number of benzene rings is 1. The lowest BCUT2D eigenvalue weighted by Gasteiger charge is -2.21. The van der Waals surface area contributed by atoms with E-state index >= 15 is 0 Å². The van der Waals surface area contributed by atoms with Crippen molar-refractivity contribution in [3.63, 3.8) is 0 Å². The molecule has 5 rings (SSSR count). The van der Waals surface area contributed by atoms with E-state index in [1.807, 2.05) is 30.3 Å². The number of hydrogen-bond acceptors (Lipinski definition) is 9. The first kappa shape index (κ1) is 28.6. The Morgan fingerprint density at radius 2 is 1.88 bits per heavy atom. The molecular formula is C25H33N6O8P. The van der Waals surface area contributed by atoms with Crippen LogP contribution in [-0.4, -0.2) is 73.1 Å². The standard InChI is InChI=1S/C25H33N6O8P/c1-2-3-4-8-11-26-25(32)30-22-19-23(28-14-27-22)31(15-29-19)24-21-20(17(37-24)13-36-40(33,34)35)38-18(39-21)12-16-9-6-5-7-10-16/h5-7,9-10,14-15,17-18,20-21,24H,2-4,8,11-13H2,1H3,(H2,33,34,35)(H2,26,27,28,30,32)/t17-,18?,20?,21+,24-/m1/s1. The maximum atomic E-state index is 12.4. The molecule has 0 bridgehead atoms. The van der Waals surface area contributed by atoms with Crippen LogP contribution in [0.2, 0.25) is 0 Å². The molecule has 2 fully saturated rings. The quantitative estimate of drug-likeness (QED) is 0.184. The van der Waals surface area contributed by atoms with Crippen LogP contribution in [0.3, 0.4) is 0 Å². The molecule has 0 aliphatic carbocycles. The Bertz CT molecular complexity index is 1340. The number of aromatic nitrogens is 4. The van der Waals surface area contributed by atoms with Gasteiger partial charge in [-0.15, -0.1) is 0 Å². The summed E-state index contributed by atoms with van der Waals surface area (Å²) in [5, 5.41) is 5.55. The van der Waals surface area contributed by atoms with Gasteiger partial charge in [-0.1, -0.05) is 56.5 Å². The van der Waals surface area contributed by atoms with E-state index in [9.17, 15) is 19.1 Å². The number of anilines is 1. The Kier molecular flexibility index (Phi) is 9.06. The molecule has 0 saturated carbocycles. The van der Waals surface area contributed by atoms with Crippen molar-refractivity contribution in [2.24, 2.45) is 0 Å². The van der Waals surface area contributed by atoms with Crippen molar-refractivity contribution in [2.45, 2.75) is 69.9 Å². The number of ether oxygens (including phenoxy) is 3. The Balaban J connectivity index is 1.33. The maximum Gasteiger partial charge on any atom is 0.469 e. The molecule has 14 nitrogen and oxygen atoms in total. The third-order valence-corrected chi connectivity index (χ3v) is 7.22. The summed E-state index contributed by atoms with van der Waals surface area (Å²) in [6, 6.07) is 9.28. The number of nitrogens with zero attached hydrogens (tertiary/aromatic N) is 4. The highest BCUT2D eigenvalue weighted by Crippen LogP contribution is 2.43. The lowest BCUT2D eigenvalue weighted by atomic mass is 10.1. The van der Waals surface area contributed by atoms with Crippen LogP contribution in [0.4, 0.5) is 10.6 Å². The second-order valence-corrected chi connectivity index (χ2v) is 10.9. The van der Waals surface area contributed by atoms with Crippen molar-refractivity contribution < 1.29 is 37.9 Å². The van der Waals surface area contributed by atoms with E-state index in [0.717, 1.165) is 31.2 Å². The molecule has 4 N–H and O–H groups in total. The summed E-state index contributed by atoms with van der Waals surface area (Å²) in [6.45, 7) is 2.27. The fourth-order valence-electron chi connectivity index (χ4n) is 4.87. The summed E-state index contributed by atoms with van der Waals surface area (Å²) in [7, 11) is -4.74. The number of urea groups is 1. The second-order valence-electron chi connectivity index (χ2n) is 9.66. The summed E-state index contributed by atoms with van der Waals surface area (Å²) in [5.41, 5.74) is 1.73. The van der Waals surface area contributed by atoms with Gasteiger partial charge < -0.3 is 29.3 Å². The van der Waals surface area contributed by atoms with Crippen molar-refractivity contribution in [3.05, 3.63) is 48.5 Å². The highest BCUT2D eigenvalue weighted by atomic mass is 31.2. The van der Waals surface area contributed by atoms with Gasteiger partial charge in [0.15, 0.2) is 29.5 Å². The Labute approximate surface area is 230 Å². The minimum absolute atomic E-state index is 0.233. The first-order valence-electron chi connectivity index (χ1n) is 13.2. The second kappa shape index (κ2) is 12.7. The molecular weight excluding hydrogens is 543 g/mol. The number of phosphoric ester groups is 1. The normalized spacial score (nSPS) is 24.3. The molecule has 2 aliphatic rings. The number of amides is 2. The molecule has 4 heterocycles. The number of phosphoric acid groups is 1. The van der Waals surface area contributed by atoms with E-state index in [1.54, 1.807) is 4.57 Å². The first-order valence-corrected chi connectivity index (χ1v) is 14.8. The summed E-state index contributed by atoms with van der Waals surface area (Å²) >= 11 is 0. The average molecular weight is 577 g/mol. The predicted octanol–water partition coefficient (Wildman–Crippen LogP) is 2.89. The van der Waals surface area contributed by atoms with Crippen LogP contribution >= 0.6 is 7.82 Å². The van der Waals surface area contributed by atoms with Crippen LogP contribution in [0.1, 0.15) is 44.4 Å². The highest BCUT2D eigenvalue weighted by molar-refractivity contribution is 7.46. The van der Waals surface area contributed by atoms with Crippen molar-refractivity contribution in [1.29, 1.82) is 0 Å². The van der Waals surface area contributed by atoms with Gasteiger partial charge in [0.05, 0.1) is 12.9 Å². The third-order valence-electron chi connectivity index (χ3n) is 6.74. The van der Waals surface area contributed by atoms with E-state index in [4.69, 9.17) is 18.7 Å². The number of carbonyl (C=O) groups excluding carboxylic acids is 1. The Morgan fingerprint density at radius 3 is 2.65 bits per heavy atom. The fourth-order valence-corrected chi connectivity index (χ4v) is 5.21. The lowest BCUT2D eigenvalue weighted by molar-refractivity contribution is -0.149. The number of nitrogens with one attached hydrogen (secondary N) is 2. The van der Waals surface area contributed by atoms with Crippen molar-refractivity contribution in [2.75, 3.05) is 18.5 Å². The number of carbonyl (C=O) groups is 1. The number of rotatable bonds is 12. The van der Waals surface area contributed by atoms with Crippen LogP contribution in [0.25, 0.3) is 11.2 Å². The zero-order chi connectivity index (χ0) is 28.1. The minimum Gasteiger partial charge on any atom is -0.347 e. The minimum atomic E-state index is -4.74. The number of fused-ring (bicyclic) bond motifs is 2. The molecule has 2 amide bonds. The third kappa shape index (κ3) is 6.84. The van der Waals surface area contributed by atoms with Gasteiger partial charge in [0.2, 0.25) is 0 Å². The van der Waals surface area contributed by atoms with E-state index in [-0.39, 0.29) is 5.82 Å². The summed E-state index contributed by atoms with van der Waals surface area (Å²) in [4.78, 5) is 43.8. The predicted molar refractivity (Wildman–Crippen MR) is 142 cm³/mol. The zero-order valence-electron chi connectivity index (χ0n) is 22.0. The lowest BCUT2D eigenvalue weighted by Crippen LogP contribution is -2.31. The van der Waals surface area contributed by atoms with E-state index in [2.05, 4.69) is 32.5 Å². The molecule has 5 atom stereocenters. The number of unbranched alkanes of at least 4 members (excludes halogenated alkanes) is 3. The van der Waals surface area contributed by atoms with E-state index in [0.29, 0.717) is 24.1 Å². The van der Waals surface area contributed by atoms with Crippen LogP contribution in [0.5, 0.6) is 0 Å². The van der Waals surface area contributed by atoms with Crippen LogP contribution in [0.15, 0.2) is 43.0 Å². The summed E-state index contributed by atoms with van der Waals surface area (Å²) < 4.78 is 36.3. The van der Waals surface area contributed by atoms with Crippen LogP contribution in [-0.2, 0) is 29.7 Å².